The molecule has 0 fully saturated rings. The Labute approximate surface area is 167 Å². The van der Waals surface area contributed by atoms with Gasteiger partial charge in [0.15, 0.2) is 5.43 Å². The van der Waals surface area contributed by atoms with E-state index in [9.17, 15) is 14.7 Å². The number of hydrogen-bond acceptors (Lipinski definition) is 4. The Balaban J connectivity index is 1.83. The number of aromatic amines is 1. The number of nitrogens with one attached hydrogen (secondary N) is 1. The number of carbonyl (C=O) groups is 1. The van der Waals surface area contributed by atoms with Crippen LogP contribution in [0, 0.1) is 5.92 Å². The van der Waals surface area contributed by atoms with Crippen LogP contribution in [0.15, 0.2) is 35.4 Å². The van der Waals surface area contributed by atoms with Crippen LogP contribution in [0.4, 0.5) is 0 Å². The zero-order valence-electron chi connectivity index (χ0n) is 16.2. The fraction of sp³-hybridized carbons (Fsp3) is 0.318. The predicted molar refractivity (Wildman–Crippen MR) is 107 cm³/mol. The lowest BCUT2D eigenvalue weighted by atomic mass is 9.82. The number of aromatic carboxylic acids is 1. The second-order valence-electron chi connectivity index (χ2n) is 7.99. The predicted octanol–water partition coefficient (Wildman–Crippen LogP) is 3.29. The molecule has 0 saturated carbocycles. The van der Waals surface area contributed by atoms with Crippen molar-refractivity contribution in [1.82, 2.24) is 14.8 Å². The Morgan fingerprint density at radius 2 is 2.14 bits per heavy atom. The molecular weight excluding hydrogens is 370 g/mol. The molecule has 1 unspecified atom stereocenters. The number of aromatic nitrogens is 3. The molecule has 2 aliphatic rings. The lowest BCUT2D eigenvalue weighted by Gasteiger charge is -2.34. The molecule has 0 spiro atoms. The van der Waals surface area contributed by atoms with Crippen molar-refractivity contribution < 1.29 is 14.6 Å². The highest BCUT2D eigenvalue weighted by molar-refractivity contribution is 5.88. The van der Waals surface area contributed by atoms with E-state index in [1.54, 1.807) is 6.20 Å². The van der Waals surface area contributed by atoms with E-state index in [0.29, 0.717) is 6.61 Å². The second-order valence-corrected chi connectivity index (χ2v) is 7.99. The molecule has 29 heavy (non-hydrogen) atoms. The van der Waals surface area contributed by atoms with E-state index >= 15 is 0 Å². The van der Waals surface area contributed by atoms with Crippen LogP contribution in [-0.4, -0.2) is 32.4 Å². The van der Waals surface area contributed by atoms with Gasteiger partial charge in [-0.15, -0.1) is 0 Å². The number of pyridine rings is 1. The van der Waals surface area contributed by atoms with Crippen molar-refractivity contribution >= 4 is 5.97 Å². The standard InChI is InChI=1S/C22H21N3O4/c1-11(2)18-8-13-12-4-6-29-21(12)15(17-3-5-23-24-17)7-14(13)19-9-20(26)16(22(27)28)10-25(18)19/h3,5,7,9-11,18H,4,6,8H2,1-2H3,(H,23,24)(H,27,28). The Morgan fingerprint density at radius 3 is 2.83 bits per heavy atom. The number of benzene rings is 1. The third-order valence-corrected chi connectivity index (χ3v) is 6.01. The minimum Gasteiger partial charge on any atom is -0.492 e. The third-order valence-electron chi connectivity index (χ3n) is 6.01. The van der Waals surface area contributed by atoms with Crippen LogP contribution < -0.4 is 10.2 Å². The van der Waals surface area contributed by atoms with Gasteiger partial charge >= 0.3 is 5.97 Å². The van der Waals surface area contributed by atoms with Gasteiger partial charge in [-0.2, -0.15) is 5.10 Å². The lowest BCUT2D eigenvalue weighted by molar-refractivity contribution is 0.0694. The molecular formula is C22H21N3O4. The first-order valence-electron chi connectivity index (χ1n) is 9.77. The van der Waals surface area contributed by atoms with Crippen LogP contribution in [0.1, 0.15) is 41.4 Å². The third kappa shape index (κ3) is 2.61. The van der Waals surface area contributed by atoms with E-state index < -0.39 is 11.4 Å². The van der Waals surface area contributed by atoms with E-state index in [1.165, 1.54) is 23.4 Å². The first-order valence-corrected chi connectivity index (χ1v) is 9.77. The average molecular weight is 391 g/mol. The van der Waals surface area contributed by atoms with Gasteiger partial charge in [0.2, 0.25) is 0 Å². The number of ether oxygens (including phenoxy) is 1. The topological polar surface area (TPSA) is 97.2 Å². The molecule has 1 atom stereocenters. The van der Waals surface area contributed by atoms with Crippen LogP contribution in [0.3, 0.4) is 0 Å². The van der Waals surface area contributed by atoms with Crippen molar-refractivity contribution in [3.05, 3.63) is 57.5 Å². The monoisotopic (exact) mass is 391 g/mol. The number of hydrogen-bond donors (Lipinski definition) is 2. The van der Waals surface area contributed by atoms with Crippen molar-refractivity contribution in [2.75, 3.05) is 6.61 Å². The molecule has 2 N–H and O–H groups in total. The first kappa shape index (κ1) is 17.7. The first-order chi connectivity index (χ1) is 14.0. The van der Waals surface area contributed by atoms with E-state index in [0.717, 1.165) is 41.1 Å². The SMILES string of the molecule is CC(C)C1Cc2c(cc(-c3ccn[nH]3)c3c2CCO3)-c2cc(=O)c(C(=O)O)cn21. The largest absolute Gasteiger partial charge is 0.492 e. The zero-order valence-corrected chi connectivity index (χ0v) is 16.2. The molecule has 0 aliphatic carbocycles. The molecule has 7 heteroatoms. The van der Waals surface area contributed by atoms with Crippen LogP contribution in [0.5, 0.6) is 5.75 Å². The summed E-state index contributed by atoms with van der Waals surface area (Å²) in [4.78, 5) is 24.1. The lowest BCUT2D eigenvalue weighted by Crippen LogP contribution is -2.28. The molecule has 0 amide bonds. The number of carboxylic acid groups (broad SMARTS) is 1. The van der Waals surface area contributed by atoms with Crippen molar-refractivity contribution in [2.45, 2.75) is 32.7 Å². The summed E-state index contributed by atoms with van der Waals surface area (Å²) >= 11 is 0. The summed E-state index contributed by atoms with van der Waals surface area (Å²) in [6, 6.07) is 5.47. The molecule has 1 aromatic carbocycles. The Kier molecular flexibility index (Phi) is 3.87. The summed E-state index contributed by atoms with van der Waals surface area (Å²) in [5, 5.41) is 16.5. The van der Waals surface area contributed by atoms with Crippen LogP contribution in [-0.2, 0) is 12.8 Å². The Bertz CT molecular complexity index is 1190. The molecule has 4 heterocycles. The van der Waals surface area contributed by atoms with Gasteiger partial charge < -0.3 is 14.4 Å². The molecule has 7 nitrogen and oxygen atoms in total. The maximum Gasteiger partial charge on any atom is 0.341 e. The minimum absolute atomic E-state index is 0.0684. The van der Waals surface area contributed by atoms with Crippen LogP contribution in [0.25, 0.3) is 22.5 Å². The maximum atomic E-state index is 12.5. The Hall–Kier alpha value is -3.35. The normalized spacial score (nSPS) is 16.9. The molecule has 148 valence electrons. The van der Waals surface area contributed by atoms with Gasteiger partial charge in [0.05, 0.1) is 18.0 Å². The van der Waals surface area contributed by atoms with Gasteiger partial charge in [-0.3, -0.25) is 9.89 Å². The summed E-state index contributed by atoms with van der Waals surface area (Å²) in [5.74, 6) is -0.0381. The van der Waals surface area contributed by atoms with E-state index in [-0.39, 0.29) is 17.5 Å². The summed E-state index contributed by atoms with van der Waals surface area (Å²) in [7, 11) is 0. The van der Waals surface area contributed by atoms with E-state index in [1.807, 2.05) is 16.7 Å². The summed E-state index contributed by atoms with van der Waals surface area (Å²) in [6.45, 7) is 4.87. The number of H-pyrrole nitrogens is 1. The zero-order chi connectivity index (χ0) is 20.3. The fourth-order valence-electron chi connectivity index (χ4n) is 4.58. The van der Waals surface area contributed by atoms with Gasteiger partial charge in [0.25, 0.3) is 0 Å². The van der Waals surface area contributed by atoms with Crippen molar-refractivity contribution in [2.24, 2.45) is 5.92 Å². The van der Waals surface area contributed by atoms with Crippen molar-refractivity contribution in [3.8, 4) is 28.3 Å². The second kappa shape index (κ2) is 6.34. The highest BCUT2D eigenvalue weighted by atomic mass is 16.5. The summed E-state index contributed by atoms with van der Waals surface area (Å²) in [6.07, 6.45) is 4.80. The van der Waals surface area contributed by atoms with Crippen molar-refractivity contribution in [3.63, 3.8) is 0 Å². The minimum atomic E-state index is -1.20. The summed E-state index contributed by atoms with van der Waals surface area (Å²) < 4.78 is 7.95. The van der Waals surface area contributed by atoms with Gasteiger partial charge in [0.1, 0.15) is 11.3 Å². The van der Waals surface area contributed by atoms with E-state index in [4.69, 9.17) is 4.74 Å². The van der Waals surface area contributed by atoms with Gasteiger partial charge in [-0.25, -0.2) is 4.79 Å². The molecule has 0 bridgehead atoms. The van der Waals surface area contributed by atoms with E-state index in [2.05, 4.69) is 24.0 Å². The van der Waals surface area contributed by atoms with Gasteiger partial charge in [-0.05, 0) is 30.0 Å². The molecule has 0 saturated heterocycles. The molecule has 2 aliphatic heterocycles. The Morgan fingerprint density at radius 1 is 1.31 bits per heavy atom. The maximum absolute atomic E-state index is 12.5. The van der Waals surface area contributed by atoms with Crippen LogP contribution in [0.2, 0.25) is 0 Å². The molecule has 3 aromatic rings. The van der Waals surface area contributed by atoms with Crippen molar-refractivity contribution in [1.29, 1.82) is 0 Å². The quantitative estimate of drug-likeness (QED) is 0.714. The molecule has 5 rings (SSSR count). The highest BCUT2D eigenvalue weighted by Gasteiger charge is 2.33. The average Bonchev–Trinajstić information content (AvgIpc) is 3.38. The fourth-order valence-corrected chi connectivity index (χ4v) is 4.58. The highest BCUT2D eigenvalue weighted by Crippen LogP contribution is 2.47. The molecule has 0 radical (unpaired) electrons. The van der Waals surface area contributed by atoms with Gasteiger partial charge in [0, 0.05) is 47.6 Å². The van der Waals surface area contributed by atoms with Gasteiger partial charge in [-0.1, -0.05) is 13.8 Å². The number of rotatable bonds is 3. The number of carboxylic acids is 1. The smallest absolute Gasteiger partial charge is 0.341 e. The number of fused-ring (bicyclic) bond motifs is 5. The summed E-state index contributed by atoms with van der Waals surface area (Å²) in [5.41, 5.74) is 5.20. The van der Waals surface area contributed by atoms with Crippen LogP contribution >= 0.6 is 0 Å². The number of nitrogens with zero attached hydrogens (tertiary/aromatic N) is 2. The molecule has 2 aromatic heterocycles.